The van der Waals surface area contributed by atoms with E-state index in [1.807, 2.05) is 0 Å². The van der Waals surface area contributed by atoms with Crippen LogP contribution in [0.1, 0.15) is 12.8 Å². The third-order valence-corrected chi connectivity index (χ3v) is 5.89. The van der Waals surface area contributed by atoms with E-state index in [1.165, 1.54) is 22.5 Å². The van der Waals surface area contributed by atoms with Crippen LogP contribution in [0.5, 0.6) is 0 Å². The van der Waals surface area contributed by atoms with Crippen LogP contribution in [0.3, 0.4) is 0 Å². The average Bonchev–Trinajstić information content (AvgIpc) is 2.83. The summed E-state index contributed by atoms with van der Waals surface area (Å²) >= 11 is 0. The first-order valence-electron chi connectivity index (χ1n) is 6.57. The van der Waals surface area contributed by atoms with Crippen molar-refractivity contribution in [3.8, 4) is 0 Å². The molecule has 1 aromatic carbocycles. The Balaban J connectivity index is 1.88. The summed E-state index contributed by atoms with van der Waals surface area (Å²) in [5, 5.41) is 3.35. The fraction of sp³-hybridized carbons (Fsp3) is 0.538. The Bertz CT molecular complexity index is 562. The summed E-state index contributed by atoms with van der Waals surface area (Å²) in [6, 6.07) is 5.79. The Morgan fingerprint density at radius 3 is 2.79 bits per heavy atom. The molecule has 2 atom stereocenters. The van der Waals surface area contributed by atoms with Gasteiger partial charge in [0.05, 0.1) is 0 Å². The number of fused-ring (bicyclic) bond motifs is 1. The van der Waals surface area contributed by atoms with E-state index in [1.54, 1.807) is 6.07 Å². The Morgan fingerprint density at radius 1 is 1.26 bits per heavy atom. The molecule has 0 spiro atoms. The molecule has 0 aliphatic carbocycles. The van der Waals surface area contributed by atoms with Crippen molar-refractivity contribution < 1.29 is 12.8 Å². The predicted octanol–water partition coefficient (Wildman–Crippen LogP) is 1.20. The van der Waals surface area contributed by atoms with Crippen molar-refractivity contribution in [2.75, 3.05) is 19.6 Å². The SMILES string of the molecule is O=S(=O)(c1ccccc1F)N1C[C@@H]2CCCN[C@@H]2C1. The van der Waals surface area contributed by atoms with Crippen molar-refractivity contribution in [3.05, 3.63) is 30.1 Å². The van der Waals surface area contributed by atoms with E-state index in [0.29, 0.717) is 19.0 Å². The number of halogens is 1. The van der Waals surface area contributed by atoms with Gasteiger partial charge in [-0.05, 0) is 37.4 Å². The molecule has 0 aromatic heterocycles. The zero-order chi connectivity index (χ0) is 13.5. The second-order valence-electron chi connectivity index (χ2n) is 5.22. The van der Waals surface area contributed by atoms with Gasteiger partial charge in [0.25, 0.3) is 0 Å². The van der Waals surface area contributed by atoms with Crippen LogP contribution in [0, 0.1) is 11.7 Å². The van der Waals surface area contributed by atoms with Crippen LogP contribution in [-0.4, -0.2) is 38.4 Å². The maximum atomic E-state index is 13.7. The van der Waals surface area contributed by atoms with Gasteiger partial charge in [-0.2, -0.15) is 4.31 Å². The lowest BCUT2D eigenvalue weighted by Gasteiger charge is -2.24. The highest BCUT2D eigenvalue weighted by atomic mass is 32.2. The van der Waals surface area contributed by atoms with Gasteiger partial charge in [-0.25, -0.2) is 12.8 Å². The number of sulfonamides is 1. The third kappa shape index (κ3) is 2.28. The fourth-order valence-electron chi connectivity index (χ4n) is 3.00. The lowest BCUT2D eigenvalue weighted by molar-refractivity contribution is 0.339. The monoisotopic (exact) mass is 284 g/mol. The molecule has 0 bridgehead atoms. The lowest BCUT2D eigenvalue weighted by Crippen LogP contribution is -2.41. The molecule has 0 amide bonds. The van der Waals surface area contributed by atoms with Crippen LogP contribution >= 0.6 is 0 Å². The van der Waals surface area contributed by atoms with Crippen molar-refractivity contribution in [1.29, 1.82) is 0 Å². The second-order valence-corrected chi connectivity index (χ2v) is 7.12. The van der Waals surface area contributed by atoms with Crippen molar-refractivity contribution in [3.63, 3.8) is 0 Å². The topological polar surface area (TPSA) is 49.4 Å². The first kappa shape index (κ1) is 13.0. The van der Waals surface area contributed by atoms with Crippen molar-refractivity contribution >= 4 is 10.0 Å². The fourth-order valence-corrected chi connectivity index (χ4v) is 4.58. The minimum absolute atomic E-state index is 0.214. The van der Waals surface area contributed by atoms with Crippen molar-refractivity contribution in [2.45, 2.75) is 23.8 Å². The van der Waals surface area contributed by atoms with Gasteiger partial charge in [0.2, 0.25) is 10.0 Å². The predicted molar refractivity (Wildman–Crippen MR) is 69.7 cm³/mol. The molecule has 2 aliphatic heterocycles. The second kappa shape index (κ2) is 4.85. The Labute approximate surface area is 112 Å². The minimum Gasteiger partial charge on any atom is -0.312 e. The van der Waals surface area contributed by atoms with E-state index in [4.69, 9.17) is 0 Å². The number of benzene rings is 1. The molecule has 0 unspecified atom stereocenters. The normalized spacial score (nSPS) is 28.3. The molecule has 3 rings (SSSR count). The largest absolute Gasteiger partial charge is 0.312 e. The zero-order valence-electron chi connectivity index (χ0n) is 10.5. The van der Waals surface area contributed by atoms with Gasteiger partial charge in [0, 0.05) is 19.1 Å². The van der Waals surface area contributed by atoms with Crippen molar-refractivity contribution in [1.82, 2.24) is 9.62 Å². The number of hydrogen-bond acceptors (Lipinski definition) is 3. The van der Waals surface area contributed by atoms with E-state index in [-0.39, 0.29) is 10.9 Å². The summed E-state index contributed by atoms with van der Waals surface area (Å²) < 4.78 is 40.0. The zero-order valence-corrected chi connectivity index (χ0v) is 11.4. The van der Waals surface area contributed by atoms with Crippen LogP contribution in [-0.2, 0) is 10.0 Å². The molecular formula is C13H17FN2O2S. The number of rotatable bonds is 2. The molecular weight excluding hydrogens is 267 g/mol. The van der Waals surface area contributed by atoms with Crippen LogP contribution in [0.15, 0.2) is 29.2 Å². The minimum atomic E-state index is -3.71. The molecule has 6 heteroatoms. The molecule has 19 heavy (non-hydrogen) atoms. The van der Waals surface area contributed by atoms with Gasteiger partial charge in [0.1, 0.15) is 10.7 Å². The van der Waals surface area contributed by atoms with E-state index >= 15 is 0 Å². The highest BCUT2D eigenvalue weighted by Crippen LogP contribution is 2.30. The highest BCUT2D eigenvalue weighted by Gasteiger charge is 2.40. The number of nitrogens with zero attached hydrogens (tertiary/aromatic N) is 1. The smallest absolute Gasteiger partial charge is 0.246 e. The van der Waals surface area contributed by atoms with Gasteiger partial charge in [-0.1, -0.05) is 12.1 Å². The van der Waals surface area contributed by atoms with E-state index in [0.717, 1.165) is 19.4 Å². The molecule has 0 radical (unpaired) electrons. The first-order chi connectivity index (χ1) is 9.09. The van der Waals surface area contributed by atoms with E-state index in [2.05, 4.69) is 5.32 Å². The molecule has 1 aromatic rings. The summed E-state index contributed by atoms with van der Waals surface area (Å²) in [4.78, 5) is -0.214. The summed E-state index contributed by atoms with van der Waals surface area (Å²) in [7, 11) is -3.71. The number of nitrogens with one attached hydrogen (secondary N) is 1. The quantitative estimate of drug-likeness (QED) is 0.888. The van der Waals surface area contributed by atoms with Crippen LogP contribution in [0.4, 0.5) is 4.39 Å². The summed E-state index contributed by atoms with van der Waals surface area (Å²) in [6.07, 6.45) is 2.12. The van der Waals surface area contributed by atoms with E-state index in [9.17, 15) is 12.8 Å². The molecule has 0 saturated carbocycles. The molecule has 2 fully saturated rings. The standard InChI is InChI=1S/C13H17FN2O2S/c14-11-5-1-2-6-13(11)19(17,18)16-8-10-4-3-7-15-12(10)9-16/h1-2,5-6,10,12,15H,3-4,7-9H2/t10-,12+/m0/s1. The average molecular weight is 284 g/mol. The molecule has 104 valence electrons. The maximum Gasteiger partial charge on any atom is 0.246 e. The third-order valence-electron chi connectivity index (χ3n) is 4.02. The Hall–Kier alpha value is -0.980. The number of piperidine rings is 1. The van der Waals surface area contributed by atoms with Gasteiger partial charge in [-0.15, -0.1) is 0 Å². The number of hydrogen-bond donors (Lipinski definition) is 1. The molecule has 1 N–H and O–H groups in total. The van der Waals surface area contributed by atoms with Gasteiger partial charge >= 0.3 is 0 Å². The Kier molecular flexibility index (Phi) is 3.32. The lowest BCUT2D eigenvalue weighted by atomic mass is 9.94. The Morgan fingerprint density at radius 2 is 2.05 bits per heavy atom. The van der Waals surface area contributed by atoms with Gasteiger partial charge in [-0.3, -0.25) is 0 Å². The van der Waals surface area contributed by atoms with Gasteiger partial charge in [0.15, 0.2) is 0 Å². The van der Waals surface area contributed by atoms with Crippen LogP contribution < -0.4 is 5.32 Å². The molecule has 4 nitrogen and oxygen atoms in total. The molecule has 2 heterocycles. The summed E-state index contributed by atoms with van der Waals surface area (Å²) in [5.41, 5.74) is 0. The summed E-state index contributed by atoms with van der Waals surface area (Å²) in [6.45, 7) is 1.88. The summed E-state index contributed by atoms with van der Waals surface area (Å²) in [5.74, 6) is -0.319. The molecule has 2 saturated heterocycles. The van der Waals surface area contributed by atoms with Crippen LogP contribution in [0.25, 0.3) is 0 Å². The van der Waals surface area contributed by atoms with Crippen molar-refractivity contribution in [2.24, 2.45) is 5.92 Å². The first-order valence-corrected chi connectivity index (χ1v) is 8.01. The molecule has 2 aliphatic rings. The van der Waals surface area contributed by atoms with Crippen LogP contribution in [0.2, 0.25) is 0 Å². The highest BCUT2D eigenvalue weighted by molar-refractivity contribution is 7.89. The maximum absolute atomic E-state index is 13.7. The van der Waals surface area contributed by atoms with E-state index < -0.39 is 15.8 Å². The van der Waals surface area contributed by atoms with Gasteiger partial charge < -0.3 is 5.32 Å².